The normalized spacial score (nSPS) is 33.6. The predicted molar refractivity (Wildman–Crippen MR) is 92.5 cm³/mol. The van der Waals surface area contributed by atoms with Crippen LogP contribution in [0.3, 0.4) is 0 Å². The molecule has 6 N–H and O–H groups in total. The molecule has 0 aromatic carbocycles. The number of fused-ring (bicyclic) bond motifs is 1. The number of hydrogen-bond acceptors (Lipinski definition) is 8. The van der Waals surface area contributed by atoms with Crippen LogP contribution in [-0.2, 0) is 23.9 Å². The van der Waals surface area contributed by atoms with Crippen molar-refractivity contribution in [3.63, 3.8) is 0 Å². The molecule has 152 valence electrons. The van der Waals surface area contributed by atoms with Gasteiger partial charge in [0.2, 0.25) is 5.91 Å². The van der Waals surface area contributed by atoms with Crippen molar-refractivity contribution in [1.29, 1.82) is 0 Å². The van der Waals surface area contributed by atoms with Gasteiger partial charge in [0.25, 0.3) is 11.6 Å². The lowest BCUT2D eigenvalue weighted by molar-refractivity contribution is -0.205. The maximum absolute atomic E-state index is 12.5. The first-order valence-electron chi connectivity index (χ1n) is 8.26. The van der Waals surface area contributed by atoms with Crippen LogP contribution in [0.15, 0.2) is 0 Å². The van der Waals surface area contributed by atoms with Crippen molar-refractivity contribution in [3.8, 4) is 0 Å². The Labute approximate surface area is 159 Å². The van der Waals surface area contributed by atoms with Gasteiger partial charge < -0.3 is 36.0 Å². The molecular weight excluding hydrogens is 382 g/mol. The zero-order valence-electron chi connectivity index (χ0n) is 14.9. The van der Waals surface area contributed by atoms with Crippen LogP contribution < -0.4 is 11.1 Å². The van der Waals surface area contributed by atoms with Crippen LogP contribution >= 0.6 is 11.8 Å². The van der Waals surface area contributed by atoms with Crippen LogP contribution in [0.5, 0.6) is 0 Å². The van der Waals surface area contributed by atoms with E-state index in [1.54, 1.807) is 0 Å². The maximum atomic E-state index is 12.5. The first-order valence-corrected chi connectivity index (χ1v) is 9.20. The Morgan fingerprint density at radius 1 is 1.44 bits per heavy atom. The molecule has 5 atom stereocenters. The Morgan fingerprint density at radius 3 is 2.59 bits per heavy atom. The fourth-order valence-electron chi connectivity index (χ4n) is 3.07. The van der Waals surface area contributed by atoms with Gasteiger partial charge in [-0.25, -0.2) is 4.79 Å². The van der Waals surface area contributed by atoms with E-state index in [0.29, 0.717) is 0 Å². The molecule has 0 radical (unpaired) electrons. The molecule has 2 saturated heterocycles. The number of nitrogens with two attached hydrogens (primary N) is 1. The van der Waals surface area contributed by atoms with Crippen molar-refractivity contribution < 1.29 is 39.2 Å². The number of carbonyl (C=O) groups excluding carboxylic acids is 2. The van der Waals surface area contributed by atoms with Crippen molar-refractivity contribution in [3.05, 3.63) is 0 Å². The van der Waals surface area contributed by atoms with Gasteiger partial charge in [0.15, 0.2) is 5.60 Å². The third-order valence-electron chi connectivity index (χ3n) is 4.88. The fourth-order valence-corrected chi connectivity index (χ4v) is 4.62. The minimum Gasteiger partial charge on any atom is -0.480 e. The largest absolute Gasteiger partial charge is 0.480 e. The summed E-state index contributed by atoms with van der Waals surface area (Å²) in [5.41, 5.74) is 1.64. The second kappa shape index (κ2) is 7.62. The number of rotatable bonds is 8. The molecule has 4 unspecified atom stereocenters. The van der Waals surface area contributed by atoms with Crippen LogP contribution in [0.2, 0.25) is 0 Å². The van der Waals surface area contributed by atoms with Gasteiger partial charge >= 0.3 is 11.9 Å². The van der Waals surface area contributed by atoms with Crippen LogP contribution in [0.4, 0.5) is 0 Å². The van der Waals surface area contributed by atoms with Crippen molar-refractivity contribution in [2.24, 2.45) is 5.73 Å². The van der Waals surface area contributed by atoms with Gasteiger partial charge in [-0.3, -0.25) is 14.4 Å². The summed E-state index contributed by atoms with van der Waals surface area (Å²) in [5.74, 6) is -3.76. The number of aliphatic carboxylic acids is 2. The smallest absolute Gasteiger partial charge is 0.338 e. The number of carboxylic acid groups (broad SMARTS) is 2. The molecule has 2 rings (SSSR count). The van der Waals surface area contributed by atoms with Gasteiger partial charge in [0, 0.05) is 18.8 Å². The molecule has 0 aromatic heterocycles. The summed E-state index contributed by atoms with van der Waals surface area (Å²) in [6, 6.07) is -1.07. The number of ether oxygens (including phenoxy) is 1. The molecule has 12 heteroatoms. The zero-order valence-corrected chi connectivity index (χ0v) is 15.7. The molecule has 27 heavy (non-hydrogen) atoms. The monoisotopic (exact) mass is 405 g/mol. The first-order chi connectivity index (χ1) is 12.5. The summed E-state index contributed by atoms with van der Waals surface area (Å²) >= 11 is 1.02. The number of aliphatic hydroxyl groups is 1. The van der Waals surface area contributed by atoms with Gasteiger partial charge in [-0.1, -0.05) is 0 Å². The average Bonchev–Trinajstić information content (AvgIpc) is 2.61. The highest BCUT2D eigenvalue weighted by atomic mass is 32.2. The molecule has 0 spiro atoms. The van der Waals surface area contributed by atoms with Gasteiger partial charge in [0.1, 0.15) is 11.4 Å². The third-order valence-corrected chi connectivity index (χ3v) is 6.52. The van der Waals surface area contributed by atoms with E-state index in [1.165, 1.54) is 14.0 Å². The third kappa shape index (κ3) is 3.61. The number of nitrogens with zero attached hydrogens (tertiary/aromatic N) is 1. The lowest BCUT2D eigenvalue weighted by atomic mass is 9.93. The van der Waals surface area contributed by atoms with Gasteiger partial charge in [-0.05, 0) is 19.8 Å². The van der Waals surface area contributed by atoms with Crippen molar-refractivity contribution in [2.75, 3.05) is 13.7 Å². The summed E-state index contributed by atoms with van der Waals surface area (Å²) in [7, 11) is 1.25. The topological polar surface area (TPSA) is 179 Å². The minimum atomic E-state index is -2.09. The molecule has 2 aliphatic heterocycles. The standard InChI is InChI=1S/C15H23N3O8S/c1-7-14(25,13(23)24)6-18-11(22)15(26-2,12(18)27-7)17-9(19)5-3-4-8(16)10(20)21/h7-8,12,25H,3-6,16H2,1-2H3,(H,17,19)(H,20,21)(H,23,24)/t7?,8?,12-,14?,15?/m1/s1. The minimum absolute atomic E-state index is 0.0502. The molecule has 2 heterocycles. The Hall–Kier alpha value is -1.89. The number of carbonyl (C=O) groups is 4. The number of β-lactam (4-membered cyclic amide) rings is 1. The van der Waals surface area contributed by atoms with Crippen LogP contribution in [0.1, 0.15) is 26.2 Å². The second-order valence-electron chi connectivity index (χ2n) is 6.62. The van der Waals surface area contributed by atoms with E-state index in [1.807, 2.05) is 0 Å². The predicted octanol–water partition coefficient (Wildman–Crippen LogP) is -1.85. The van der Waals surface area contributed by atoms with Crippen LogP contribution in [0, 0.1) is 0 Å². The molecule has 2 amide bonds. The van der Waals surface area contributed by atoms with E-state index in [4.69, 9.17) is 15.6 Å². The molecule has 11 nitrogen and oxygen atoms in total. The Bertz CT molecular complexity index is 661. The summed E-state index contributed by atoms with van der Waals surface area (Å²) in [6.07, 6.45) is 0.263. The number of methoxy groups -OCH3 is 1. The molecular formula is C15H23N3O8S. The molecule has 0 aliphatic carbocycles. The Balaban J connectivity index is 2.02. The average molecular weight is 405 g/mol. The van der Waals surface area contributed by atoms with E-state index in [9.17, 15) is 29.4 Å². The molecule has 0 aromatic rings. The van der Waals surface area contributed by atoms with Gasteiger partial charge in [-0.15, -0.1) is 11.8 Å². The highest BCUT2D eigenvalue weighted by molar-refractivity contribution is 8.00. The SMILES string of the molecule is COC1(NC(=O)CCCC(N)C(=O)O)C(=O)N2CC(O)(C(=O)O)C(C)S[C@@H]21. The number of amides is 2. The Kier molecular flexibility index (Phi) is 6.04. The quantitative estimate of drug-likeness (QED) is 0.227. The lowest BCUT2D eigenvalue weighted by Gasteiger charge is -2.59. The molecule has 2 aliphatic rings. The van der Waals surface area contributed by atoms with Crippen molar-refractivity contribution >= 4 is 35.5 Å². The van der Waals surface area contributed by atoms with E-state index >= 15 is 0 Å². The molecule has 0 bridgehead atoms. The fraction of sp³-hybridized carbons (Fsp3) is 0.733. The second-order valence-corrected chi connectivity index (χ2v) is 8.04. The summed E-state index contributed by atoms with van der Waals surface area (Å²) < 4.78 is 5.28. The van der Waals surface area contributed by atoms with Crippen LogP contribution in [0.25, 0.3) is 0 Å². The van der Waals surface area contributed by atoms with E-state index in [2.05, 4.69) is 5.32 Å². The molecule has 0 saturated carbocycles. The van der Waals surface area contributed by atoms with Crippen molar-refractivity contribution in [2.45, 2.75) is 54.2 Å². The summed E-state index contributed by atoms with van der Waals surface area (Å²) in [4.78, 5) is 47.9. The van der Waals surface area contributed by atoms with Gasteiger partial charge in [0.05, 0.1) is 6.54 Å². The van der Waals surface area contributed by atoms with Gasteiger partial charge in [-0.2, -0.15) is 0 Å². The highest BCUT2D eigenvalue weighted by Gasteiger charge is 2.69. The van der Waals surface area contributed by atoms with E-state index in [-0.39, 0.29) is 19.3 Å². The number of thioether (sulfide) groups is 1. The number of carboxylic acids is 2. The van der Waals surface area contributed by atoms with Crippen molar-refractivity contribution in [1.82, 2.24) is 10.2 Å². The summed E-state index contributed by atoms with van der Waals surface area (Å²) in [5, 5.41) is 29.3. The summed E-state index contributed by atoms with van der Waals surface area (Å²) in [6.45, 7) is 1.11. The number of nitrogens with one attached hydrogen (secondary N) is 1. The van der Waals surface area contributed by atoms with E-state index < -0.39 is 58.3 Å². The Morgan fingerprint density at radius 2 is 2.07 bits per heavy atom. The maximum Gasteiger partial charge on any atom is 0.338 e. The lowest BCUT2D eigenvalue weighted by Crippen LogP contribution is -2.84. The number of hydrogen-bond donors (Lipinski definition) is 5. The molecule has 2 fully saturated rings. The highest BCUT2D eigenvalue weighted by Crippen LogP contribution is 2.48. The van der Waals surface area contributed by atoms with E-state index in [0.717, 1.165) is 16.7 Å². The zero-order chi connectivity index (χ0) is 20.6. The van der Waals surface area contributed by atoms with Crippen LogP contribution in [-0.4, -0.2) is 85.6 Å². The first kappa shape index (κ1) is 21.4.